The Bertz CT molecular complexity index is 1110. The van der Waals surface area contributed by atoms with Crippen molar-refractivity contribution < 1.29 is 23.8 Å². The Morgan fingerprint density at radius 3 is 3.03 bits per heavy atom. The van der Waals surface area contributed by atoms with E-state index in [9.17, 15) is 9.90 Å². The lowest BCUT2D eigenvalue weighted by molar-refractivity contribution is 0.0859. The van der Waals surface area contributed by atoms with Gasteiger partial charge in [0.2, 0.25) is 5.82 Å². The predicted molar refractivity (Wildman–Crippen MR) is 114 cm³/mol. The standard InChI is InChI=1S/C21H25FN6O4/c1-13(12-31-2)32-20-17(22)19(24-14-6-5-8-27(11-14)21(29)30)25-18(26-20)15-10-23-28-9-4-3-7-16(15)28/h3-4,7,9-10,13-14H,5-6,8,11-12H2,1-2H3,(H,29,30)(H,24,25,26)/t13-,14-/m1/s1. The normalized spacial score (nSPS) is 17.3. The van der Waals surface area contributed by atoms with Crippen molar-refractivity contribution in [2.75, 3.05) is 32.1 Å². The van der Waals surface area contributed by atoms with E-state index in [1.165, 1.54) is 12.0 Å². The van der Waals surface area contributed by atoms with Crippen LogP contribution in [0.25, 0.3) is 16.9 Å². The Labute approximate surface area is 184 Å². The zero-order valence-corrected chi connectivity index (χ0v) is 17.9. The van der Waals surface area contributed by atoms with Gasteiger partial charge in [-0.05, 0) is 31.9 Å². The maximum Gasteiger partial charge on any atom is 0.407 e. The number of hydrogen-bond acceptors (Lipinski definition) is 7. The lowest BCUT2D eigenvalue weighted by atomic mass is 10.1. The fourth-order valence-electron chi connectivity index (χ4n) is 3.75. The van der Waals surface area contributed by atoms with Crippen LogP contribution in [0.5, 0.6) is 5.88 Å². The van der Waals surface area contributed by atoms with Crippen molar-refractivity contribution in [2.45, 2.75) is 31.9 Å². The zero-order valence-electron chi connectivity index (χ0n) is 17.9. The van der Waals surface area contributed by atoms with E-state index >= 15 is 4.39 Å². The predicted octanol–water partition coefficient (Wildman–Crippen LogP) is 2.90. The van der Waals surface area contributed by atoms with Crippen LogP contribution in [0.4, 0.5) is 15.0 Å². The largest absolute Gasteiger partial charge is 0.470 e. The van der Waals surface area contributed by atoms with Crippen LogP contribution in [0.3, 0.4) is 0 Å². The first-order valence-electron chi connectivity index (χ1n) is 10.4. The minimum Gasteiger partial charge on any atom is -0.470 e. The van der Waals surface area contributed by atoms with Crippen LogP contribution in [0.15, 0.2) is 30.6 Å². The highest BCUT2D eigenvalue weighted by Crippen LogP contribution is 2.30. The molecule has 4 heterocycles. The van der Waals surface area contributed by atoms with E-state index in [1.807, 2.05) is 18.2 Å². The maximum atomic E-state index is 15.3. The highest BCUT2D eigenvalue weighted by atomic mass is 19.1. The van der Waals surface area contributed by atoms with E-state index in [0.717, 1.165) is 5.52 Å². The number of hydrogen-bond donors (Lipinski definition) is 2. The third kappa shape index (κ3) is 4.57. The van der Waals surface area contributed by atoms with Crippen LogP contribution >= 0.6 is 0 Å². The maximum absolute atomic E-state index is 15.3. The average Bonchev–Trinajstić information content (AvgIpc) is 3.21. The summed E-state index contributed by atoms with van der Waals surface area (Å²) in [6.07, 6.45) is 3.33. The van der Waals surface area contributed by atoms with Gasteiger partial charge in [0.1, 0.15) is 6.10 Å². The van der Waals surface area contributed by atoms with Crippen molar-refractivity contribution in [3.8, 4) is 17.3 Å². The van der Waals surface area contributed by atoms with Crippen LogP contribution in [0.1, 0.15) is 19.8 Å². The molecule has 0 aromatic carbocycles. The Morgan fingerprint density at radius 1 is 1.41 bits per heavy atom. The summed E-state index contributed by atoms with van der Waals surface area (Å²) in [5.41, 5.74) is 1.38. The molecule has 0 spiro atoms. The van der Waals surface area contributed by atoms with Gasteiger partial charge >= 0.3 is 6.09 Å². The molecule has 1 aliphatic rings. The molecule has 1 amide bonds. The monoisotopic (exact) mass is 444 g/mol. The van der Waals surface area contributed by atoms with Gasteiger partial charge in [-0.15, -0.1) is 0 Å². The molecule has 0 aliphatic carbocycles. The summed E-state index contributed by atoms with van der Waals surface area (Å²) in [5, 5.41) is 16.7. The fraction of sp³-hybridized carbons (Fsp3) is 0.429. The van der Waals surface area contributed by atoms with Gasteiger partial charge in [0.25, 0.3) is 5.88 Å². The minimum absolute atomic E-state index is 0.0397. The number of piperidine rings is 1. The molecule has 4 rings (SSSR count). The highest BCUT2D eigenvalue weighted by Gasteiger charge is 2.26. The molecule has 0 bridgehead atoms. The second-order valence-corrected chi connectivity index (χ2v) is 7.70. The first-order valence-corrected chi connectivity index (χ1v) is 10.4. The molecule has 0 unspecified atom stereocenters. The average molecular weight is 444 g/mol. The van der Waals surface area contributed by atoms with E-state index in [1.54, 1.807) is 23.8 Å². The summed E-state index contributed by atoms with van der Waals surface area (Å²) in [4.78, 5) is 21.4. The molecule has 3 aromatic rings. The van der Waals surface area contributed by atoms with Crippen molar-refractivity contribution in [3.63, 3.8) is 0 Å². The summed E-state index contributed by atoms with van der Waals surface area (Å²) in [7, 11) is 1.53. The van der Waals surface area contributed by atoms with E-state index in [2.05, 4.69) is 20.4 Å². The van der Waals surface area contributed by atoms with Gasteiger partial charge in [0, 0.05) is 32.4 Å². The second-order valence-electron chi connectivity index (χ2n) is 7.70. The zero-order chi connectivity index (χ0) is 22.7. The van der Waals surface area contributed by atoms with Gasteiger partial charge in [0.05, 0.1) is 23.9 Å². The molecule has 170 valence electrons. The molecule has 1 aliphatic heterocycles. The molecule has 0 saturated carbocycles. The topological polar surface area (TPSA) is 114 Å². The highest BCUT2D eigenvalue weighted by molar-refractivity contribution is 5.76. The third-order valence-electron chi connectivity index (χ3n) is 5.24. The number of halogens is 1. The number of methoxy groups -OCH3 is 1. The van der Waals surface area contributed by atoms with Crippen molar-refractivity contribution in [1.82, 2.24) is 24.5 Å². The second kappa shape index (κ2) is 9.35. The number of anilines is 1. The van der Waals surface area contributed by atoms with Gasteiger partial charge in [-0.1, -0.05) is 6.07 Å². The molecular weight excluding hydrogens is 419 g/mol. The Morgan fingerprint density at radius 2 is 2.25 bits per heavy atom. The molecule has 11 heteroatoms. The smallest absolute Gasteiger partial charge is 0.407 e. The number of carboxylic acid groups (broad SMARTS) is 1. The first-order chi connectivity index (χ1) is 15.5. The molecule has 1 fully saturated rings. The SMILES string of the molecule is COC[C@@H](C)Oc1nc(-c2cnn3ccccc23)nc(N[C@@H]2CCCN(C(=O)O)C2)c1F. The number of nitrogens with zero attached hydrogens (tertiary/aromatic N) is 5. The first kappa shape index (κ1) is 21.8. The molecule has 0 radical (unpaired) electrons. The number of likely N-dealkylation sites (tertiary alicyclic amines) is 1. The van der Waals surface area contributed by atoms with E-state index in [4.69, 9.17) is 9.47 Å². The van der Waals surface area contributed by atoms with Crippen molar-refractivity contribution in [1.29, 1.82) is 0 Å². The van der Waals surface area contributed by atoms with Gasteiger partial charge < -0.3 is 24.8 Å². The number of fused-ring (bicyclic) bond motifs is 1. The third-order valence-corrected chi connectivity index (χ3v) is 5.24. The van der Waals surface area contributed by atoms with Crippen molar-refractivity contribution in [3.05, 3.63) is 36.4 Å². The number of pyridine rings is 1. The molecule has 3 aromatic heterocycles. The van der Waals surface area contributed by atoms with Crippen molar-refractivity contribution >= 4 is 17.4 Å². The summed E-state index contributed by atoms with van der Waals surface area (Å²) in [6.45, 7) is 2.70. The van der Waals surface area contributed by atoms with Gasteiger partial charge in [-0.2, -0.15) is 14.5 Å². The van der Waals surface area contributed by atoms with Crippen LogP contribution in [-0.4, -0.2) is 74.6 Å². The van der Waals surface area contributed by atoms with Gasteiger partial charge in [-0.25, -0.2) is 14.3 Å². The summed E-state index contributed by atoms with van der Waals surface area (Å²) in [6, 6.07) is 5.29. The lowest BCUT2D eigenvalue weighted by Gasteiger charge is -2.31. The van der Waals surface area contributed by atoms with Gasteiger partial charge in [0.15, 0.2) is 11.6 Å². The number of nitrogens with one attached hydrogen (secondary N) is 1. The van der Waals surface area contributed by atoms with E-state index < -0.39 is 18.0 Å². The lowest BCUT2D eigenvalue weighted by Crippen LogP contribution is -2.44. The number of aromatic nitrogens is 4. The van der Waals surface area contributed by atoms with Crippen molar-refractivity contribution in [2.24, 2.45) is 0 Å². The fourth-order valence-corrected chi connectivity index (χ4v) is 3.75. The quantitative estimate of drug-likeness (QED) is 0.572. The van der Waals surface area contributed by atoms with Crippen LogP contribution in [0, 0.1) is 5.82 Å². The Hall–Kier alpha value is -3.47. The number of ether oxygens (including phenoxy) is 2. The molecule has 2 N–H and O–H groups in total. The van der Waals surface area contributed by atoms with E-state index in [-0.39, 0.29) is 36.7 Å². The summed E-state index contributed by atoms with van der Waals surface area (Å²) in [5.74, 6) is -0.730. The van der Waals surface area contributed by atoms with Crippen LogP contribution in [0.2, 0.25) is 0 Å². The van der Waals surface area contributed by atoms with Crippen LogP contribution in [-0.2, 0) is 4.74 Å². The summed E-state index contributed by atoms with van der Waals surface area (Å²) < 4.78 is 27.8. The Kier molecular flexibility index (Phi) is 6.35. The number of amides is 1. The molecular formula is C21H25FN6O4. The number of rotatable bonds is 7. The molecule has 2 atom stereocenters. The minimum atomic E-state index is -0.996. The molecule has 10 nitrogen and oxygen atoms in total. The van der Waals surface area contributed by atoms with Crippen LogP contribution < -0.4 is 10.1 Å². The van der Waals surface area contributed by atoms with Gasteiger partial charge in [-0.3, -0.25) is 0 Å². The summed E-state index contributed by atoms with van der Waals surface area (Å²) >= 11 is 0. The molecule has 32 heavy (non-hydrogen) atoms. The van der Waals surface area contributed by atoms with E-state index in [0.29, 0.717) is 24.9 Å². The number of carbonyl (C=O) groups is 1. The molecule has 1 saturated heterocycles. The Balaban J connectivity index is 1.71.